The van der Waals surface area contributed by atoms with Gasteiger partial charge in [0.2, 0.25) is 0 Å². The van der Waals surface area contributed by atoms with E-state index in [9.17, 15) is 0 Å². The first-order chi connectivity index (χ1) is 8.74. The molecule has 2 aliphatic rings. The molecule has 0 radical (unpaired) electrons. The highest BCUT2D eigenvalue weighted by molar-refractivity contribution is 5.04. The van der Waals surface area contributed by atoms with Crippen molar-refractivity contribution in [1.29, 1.82) is 0 Å². The fraction of sp³-hybridized carbons (Fsp3) is 0.769. The number of aryl methyl sites for hydroxylation is 1. The smallest absolute Gasteiger partial charge is 0.127 e. The van der Waals surface area contributed by atoms with Gasteiger partial charge in [-0.3, -0.25) is 5.84 Å². The van der Waals surface area contributed by atoms with Gasteiger partial charge in [-0.15, -0.1) is 0 Å². The van der Waals surface area contributed by atoms with Gasteiger partial charge in [0.25, 0.3) is 0 Å². The number of nitrogens with zero attached hydrogens (tertiary/aromatic N) is 2. The first-order valence-corrected chi connectivity index (χ1v) is 6.81. The summed E-state index contributed by atoms with van der Waals surface area (Å²) < 4.78 is 8.03. The highest BCUT2D eigenvalue weighted by Gasteiger charge is 2.44. The molecule has 3 rings (SSSR count). The summed E-state index contributed by atoms with van der Waals surface area (Å²) in [4.78, 5) is 4.43. The van der Waals surface area contributed by atoms with Gasteiger partial charge in [-0.05, 0) is 38.0 Å². The van der Waals surface area contributed by atoms with Crippen LogP contribution in [0.3, 0.4) is 0 Å². The van der Waals surface area contributed by atoms with E-state index in [1.165, 1.54) is 19.3 Å². The zero-order valence-electron chi connectivity index (χ0n) is 10.9. The van der Waals surface area contributed by atoms with E-state index >= 15 is 0 Å². The van der Waals surface area contributed by atoms with Crippen LogP contribution < -0.4 is 11.3 Å². The molecule has 2 heterocycles. The molecule has 0 amide bonds. The van der Waals surface area contributed by atoms with Gasteiger partial charge in [0.1, 0.15) is 5.82 Å². The quantitative estimate of drug-likeness (QED) is 0.626. The molecule has 5 nitrogen and oxygen atoms in total. The van der Waals surface area contributed by atoms with Gasteiger partial charge in [0, 0.05) is 26.0 Å². The fourth-order valence-corrected chi connectivity index (χ4v) is 3.37. The third kappa shape index (κ3) is 1.96. The maximum atomic E-state index is 5.98. The summed E-state index contributed by atoms with van der Waals surface area (Å²) in [7, 11) is 2.02. The first kappa shape index (κ1) is 12.1. The Labute approximate surface area is 108 Å². The second kappa shape index (κ2) is 4.64. The standard InChI is InChI=1S/C13H22N4O/c1-17-7-6-15-12(17)11(16-14)10-3-8-18-13(9-10)4-2-5-13/h6-7,10-11,16H,2-5,8-9,14H2,1H3. The Bertz CT molecular complexity index is 413. The van der Waals surface area contributed by atoms with Crippen LogP contribution in [0.4, 0.5) is 0 Å². The van der Waals surface area contributed by atoms with E-state index in [1.807, 2.05) is 24.0 Å². The minimum atomic E-state index is 0.131. The maximum absolute atomic E-state index is 5.98. The predicted molar refractivity (Wildman–Crippen MR) is 68.5 cm³/mol. The van der Waals surface area contributed by atoms with Crippen LogP contribution in [0.5, 0.6) is 0 Å². The van der Waals surface area contributed by atoms with Gasteiger partial charge < -0.3 is 9.30 Å². The van der Waals surface area contributed by atoms with E-state index in [4.69, 9.17) is 10.6 Å². The van der Waals surface area contributed by atoms with Crippen LogP contribution in [-0.2, 0) is 11.8 Å². The SMILES string of the molecule is Cn1ccnc1C(NN)C1CCOC2(CCC2)C1. The van der Waals surface area contributed by atoms with Crippen molar-refractivity contribution >= 4 is 0 Å². The number of ether oxygens (including phenoxy) is 1. The van der Waals surface area contributed by atoms with Crippen molar-refractivity contribution in [2.24, 2.45) is 18.8 Å². The van der Waals surface area contributed by atoms with Gasteiger partial charge in [-0.1, -0.05) is 0 Å². The lowest BCUT2D eigenvalue weighted by Crippen LogP contribution is -2.49. The number of imidazole rings is 1. The van der Waals surface area contributed by atoms with E-state index in [1.54, 1.807) is 0 Å². The van der Waals surface area contributed by atoms with Crippen LogP contribution in [0, 0.1) is 5.92 Å². The highest BCUT2D eigenvalue weighted by Crippen LogP contribution is 2.46. The first-order valence-electron chi connectivity index (χ1n) is 6.81. The minimum absolute atomic E-state index is 0.131. The molecular weight excluding hydrogens is 228 g/mol. The van der Waals surface area contributed by atoms with Crippen LogP contribution in [0.15, 0.2) is 12.4 Å². The number of hydrogen-bond donors (Lipinski definition) is 2. The third-order valence-corrected chi connectivity index (χ3v) is 4.58. The largest absolute Gasteiger partial charge is 0.375 e. The van der Waals surface area contributed by atoms with Crippen molar-refractivity contribution < 1.29 is 4.74 Å². The van der Waals surface area contributed by atoms with Gasteiger partial charge in [0.05, 0.1) is 11.6 Å². The Kier molecular flexibility index (Phi) is 3.13. The monoisotopic (exact) mass is 250 g/mol. The Morgan fingerprint density at radius 3 is 3.00 bits per heavy atom. The van der Waals surface area contributed by atoms with Crippen molar-refractivity contribution in [2.45, 2.75) is 43.7 Å². The minimum Gasteiger partial charge on any atom is -0.375 e. The molecule has 1 spiro atoms. The van der Waals surface area contributed by atoms with E-state index in [0.717, 1.165) is 25.3 Å². The Morgan fingerprint density at radius 1 is 1.61 bits per heavy atom. The van der Waals surface area contributed by atoms with E-state index < -0.39 is 0 Å². The lowest BCUT2D eigenvalue weighted by atomic mass is 9.70. The lowest BCUT2D eigenvalue weighted by molar-refractivity contribution is -0.147. The number of rotatable bonds is 3. The molecule has 5 heteroatoms. The molecule has 2 fully saturated rings. The molecule has 3 N–H and O–H groups in total. The second-order valence-electron chi connectivity index (χ2n) is 5.68. The van der Waals surface area contributed by atoms with Crippen LogP contribution >= 0.6 is 0 Å². The maximum Gasteiger partial charge on any atom is 0.127 e. The van der Waals surface area contributed by atoms with E-state index in [0.29, 0.717) is 5.92 Å². The molecule has 18 heavy (non-hydrogen) atoms. The van der Waals surface area contributed by atoms with Crippen molar-refractivity contribution in [2.75, 3.05) is 6.61 Å². The molecule has 1 saturated carbocycles. The average molecular weight is 250 g/mol. The lowest BCUT2D eigenvalue weighted by Gasteiger charge is -2.48. The summed E-state index contributed by atoms with van der Waals surface area (Å²) in [6.45, 7) is 0.854. The summed E-state index contributed by atoms with van der Waals surface area (Å²) in [6, 6.07) is 0.131. The Morgan fingerprint density at radius 2 is 2.44 bits per heavy atom. The molecule has 1 saturated heterocycles. The summed E-state index contributed by atoms with van der Waals surface area (Å²) in [5.74, 6) is 7.31. The van der Waals surface area contributed by atoms with Crippen molar-refractivity contribution in [3.63, 3.8) is 0 Å². The second-order valence-corrected chi connectivity index (χ2v) is 5.68. The number of hydrogen-bond acceptors (Lipinski definition) is 4. The van der Waals surface area contributed by atoms with E-state index in [2.05, 4.69) is 10.4 Å². The average Bonchev–Trinajstić information content (AvgIpc) is 2.75. The fourth-order valence-electron chi connectivity index (χ4n) is 3.37. The van der Waals surface area contributed by atoms with Crippen molar-refractivity contribution in [3.8, 4) is 0 Å². The van der Waals surface area contributed by atoms with Gasteiger partial charge in [0.15, 0.2) is 0 Å². The van der Waals surface area contributed by atoms with Gasteiger partial charge in [-0.25, -0.2) is 10.4 Å². The third-order valence-electron chi connectivity index (χ3n) is 4.58. The molecule has 1 aromatic rings. The molecule has 0 bridgehead atoms. The molecule has 2 unspecified atom stereocenters. The molecular formula is C13H22N4O. The number of nitrogens with one attached hydrogen (secondary N) is 1. The van der Waals surface area contributed by atoms with Crippen molar-refractivity contribution in [3.05, 3.63) is 18.2 Å². The number of aromatic nitrogens is 2. The van der Waals surface area contributed by atoms with Gasteiger partial charge in [-0.2, -0.15) is 0 Å². The van der Waals surface area contributed by atoms with Gasteiger partial charge >= 0.3 is 0 Å². The number of hydrazine groups is 1. The predicted octanol–water partition coefficient (Wildman–Crippen LogP) is 1.27. The van der Waals surface area contributed by atoms with Crippen LogP contribution in [-0.4, -0.2) is 21.8 Å². The van der Waals surface area contributed by atoms with Crippen LogP contribution in [0.25, 0.3) is 0 Å². The molecule has 1 aliphatic heterocycles. The molecule has 2 atom stereocenters. The normalized spacial score (nSPS) is 28.0. The molecule has 1 aromatic heterocycles. The van der Waals surface area contributed by atoms with E-state index in [-0.39, 0.29) is 11.6 Å². The topological polar surface area (TPSA) is 65.1 Å². The van der Waals surface area contributed by atoms with Crippen LogP contribution in [0.2, 0.25) is 0 Å². The summed E-state index contributed by atoms with van der Waals surface area (Å²) >= 11 is 0. The zero-order chi connectivity index (χ0) is 12.6. The highest BCUT2D eigenvalue weighted by atomic mass is 16.5. The zero-order valence-corrected chi connectivity index (χ0v) is 10.9. The number of nitrogens with two attached hydrogens (primary N) is 1. The molecule has 100 valence electrons. The Hall–Kier alpha value is -0.910. The summed E-state index contributed by atoms with van der Waals surface area (Å²) in [6.07, 6.45) is 9.69. The Balaban J connectivity index is 1.77. The summed E-state index contributed by atoms with van der Waals surface area (Å²) in [5.41, 5.74) is 3.12. The van der Waals surface area contributed by atoms with Crippen molar-refractivity contribution in [1.82, 2.24) is 15.0 Å². The molecule has 0 aromatic carbocycles. The summed E-state index contributed by atoms with van der Waals surface area (Å²) in [5, 5.41) is 0. The molecule has 1 aliphatic carbocycles. The van der Waals surface area contributed by atoms with Crippen LogP contribution in [0.1, 0.15) is 44.0 Å².